The van der Waals surface area contributed by atoms with E-state index in [4.69, 9.17) is 4.74 Å². The first kappa shape index (κ1) is 10.6. The fourth-order valence-corrected chi connectivity index (χ4v) is 2.99. The van der Waals surface area contributed by atoms with Crippen molar-refractivity contribution in [3.63, 3.8) is 0 Å². The molecule has 94 valence electrons. The Hall–Kier alpha value is -2.29. The number of para-hydroxylation sites is 3. The van der Waals surface area contributed by atoms with Gasteiger partial charge in [-0.25, -0.2) is 0 Å². The van der Waals surface area contributed by atoms with Crippen LogP contribution in [0.1, 0.15) is 18.5 Å². The molecule has 2 aromatic rings. The number of carbonyl (C=O) groups excluding carboxylic acids is 1. The Morgan fingerprint density at radius 2 is 1.68 bits per heavy atom. The van der Waals surface area contributed by atoms with Crippen LogP contribution < -0.4 is 9.64 Å². The monoisotopic (exact) mass is 251 g/mol. The number of fused-ring (bicyclic) bond motifs is 5. The molecule has 0 aliphatic carbocycles. The molecule has 0 spiro atoms. The van der Waals surface area contributed by atoms with Gasteiger partial charge in [0.25, 0.3) is 0 Å². The quantitative estimate of drug-likeness (QED) is 0.670. The first-order valence-electron chi connectivity index (χ1n) is 6.46. The van der Waals surface area contributed by atoms with Crippen molar-refractivity contribution in [1.29, 1.82) is 0 Å². The number of ether oxygens (including phenoxy) is 1. The van der Waals surface area contributed by atoms with E-state index in [1.54, 1.807) is 0 Å². The van der Waals surface area contributed by atoms with Crippen molar-refractivity contribution in [3.05, 3.63) is 54.1 Å². The van der Waals surface area contributed by atoms with Crippen molar-refractivity contribution >= 4 is 11.6 Å². The van der Waals surface area contributed by atoms with Crippen LogP contribution >= 0.6 is 0 Å². The van der Waals surface area contributed by atoms with Crippen LogP contribution in [0.3, 0.4) is 0 Å². The summed E-state index contributed by atoms with van der Waals surface area (Å²) in [6.45, 7) is 1.98. The van der Waals surface area contributed by atoms with Crippen LogP contribution in [0.15, 0.2) is 48.5 Å². The van der Waals surface area contributed by atoms with Crippen LogP contribution in [0.5, 0.6) is 11.5 Å². The molecule has 2 heterocycles. The molecule has 1 saturated heterocycles. The molecule has 2 atom stereocenters. The molecular weight excluding hydrogens is 238 g/mol. The Balaban J connectivity index is 1.97. The molecule has 0 radical (unpaired) electrons. The number of hydrogen-bond acceptors (Lipinski definition) is 2. The third-order valence-corrected chi connectivity index (χ3v) is 3.96. The van der Waals surface area contributed by atoms with Crippen molar-refractivity contribution in [1.82, 2.24) is 0 Å². The summed E-state index contributed by atoms with van der Waals surface area (Å²) in [5.41, 5.74) is 1.96. The van der Waals surface area contributed by atoms with E-state index in [-0.39, 0.29) is 17.9 Å². The van der Waals surface area contributed by atoms with E-state index in [2.05, 4.69) is 0 Å². The number of benzene rings is 2. The molecule has 0 N–H and O–H groups in total. The Kier molecular flexibility index (Phi) is 2.01. The smallest absolute Gasteiger partial charge is 0.232 e. The van der Waals surface area contributed by atoms with Crippen LogP contribution in [-0.2, 0) is 4.79 Å². The second-order valence-corrected chi connectivity index (χ2v) is 5.05. The third-order valence-electron chi connectivity index (χ3n) is 3.96. The summed E-state index contributed by atoms with van der Waals surface area (Å²) >= 11 is 0. The molecule has 0 bridgehead atoms. The number of amides is 1. The standard InChI is InChI=1S/C16H13NO2/c1-10-15-11-6-2-4-8-13(11)19-14-9-5-3-7-12(14)17(15)16(10)18/h2-10,15H,1H3/t10-,15+/m1/s1. The predicted octanol–water partition coefficient (Wildman–Crippen LogP) is 3.52. The third kappa shape index (κ3) is 1.30. The van der Waals surface area contributed by atoms with E-state index >= 15 is 0 Å². The van der Waals surface area contributed by atoms with Gasteiger partial charge in [-0.3, -0.25) is 4.79 Å². The largest absolute Gasteiger partial charge is 0.455 e. The molecule has 2 aliphatic rings. The minimum absolute atomic E-state index is 0.0101. The lowest BCUT2D eigenvalue weighted by Gasteiger charge is -2.45. The summed E-state index contributed by atoms with van der Waals surface area (Å²) in [4.78, 5) is 14.0. The summed E-state index contributed by atoms with van der Waals surface area (Å²) in [6.07, 6.45) is 0. The molecule has 0 unspecified atom stereocenters. The summed E-state index contributed by atoms with van der Waals surface area (Å²) in [5.74, 6) is 1.77. The highest BCUT2D eigenvalue weighted by Crippen LogP contribution is 2.52. The van der Waals surface area contributed by atoms with Gasteiger partial charge in [0.05, 0.1) is 17.6 Å². The van der Waals surface area contributed by atoms with Crippen LogP contribution in [0.2, 0.25) is 0 Å². The van der Waals surface area contributed by atoms with Gasteiger partial charge in [-0.15, -0.1) is 0 Å². The van der Waals surface area contributed by atoms with Crippen LogP contribution in [0, 0.1) is 5.92 Å². The number of β-lactam (4-membered cyclic amide) rings is 1. The number of rotatable bonds is 0. The van der Waals surface area contributed by atoms with Crippen molar-refractivity contribution in [2.45, 2.75) is 13.0 Å². The first-order chi connectivity index (χ1) is 9.27. The lowest BCUT2D eigenvalue weighted by molar-refractivity contribution is -0.129. The van der Waals surface area contributed by atoms with Gasteiger partial charge in [0.2, 0.25) is 5.91 Å². The maximum Gasteiger partial charge on any atom is 0.232 e. The zero-order valence-electron chi connectivity index (χ0n) is 10.5. The van der Waals surface area contributed by atoms with Crippen molar-refractivity contribution in [2.75, 3.05) is 4.90 Å². The van der Waals surface area contributed by atoms with E-state index in [0.717, 1.165) is 22.7 Å². The van der Waals surface area contributed by atoms with Crippen molar-refractivity contribution in [2.24, 2.45) is 5.92 Å². The van der Waals surface area contributed by atoms with E-state index in [9.17, 15) is 4.79 Å². The average molecular weight is 251 g/mol. The van der Waals surface area contributed by atoms with Gasteiger partial charge in [0, 0.05) is 5.56 Å². The lowest BCUT2D eigenvalue weighted by Crippen LogP contribution is -2.53. The summed E-state index contributed by atoms with van der Waals surface area (Å²) in [7, 11) is 0. The SMILES string of the molecule is C[C@H]1C(=O)N2c3ccccc3Oc3ccccc3[C@H]12. The minimum Gasteiger partial charge on any atom is -0.455 e. The molecule has 2 aliphatic heterocycles. The van der Waals surface area contributed by atoms with Gasteiger partial charge >= 0.3 is 0 Å². The highest BCUT2D eigenvalue weighted by Gasteiger charge is 2.49. The fourth-order valence-electron chi connectivity index (χ4n) is 2.99. The maximum absolute atomic E-state index is 12.2. The van der Waals surface area contributed by atoms with Crippen LogP contribution in [-0.4, -0.2) is 5.91 Å². The molecule has 19 heavy (non-hydrogen) atoms. The van der Waals surface area contributed by atoms with Crippen LogP contribution in [0.25, 0.3) is 0 Å². The molecule has 0 aromatic heterocycles. The molecular formula is C16H13NO2. The Bertz CT molecular complexity index is 680. The van der Waals surface area contributed by atoms with Gasteiger partial charge in [0.1, 0.15) is 5.75 Å². The van der Waals surface area contributed by atoms with Gasteiger partial charge in [-0.05, 0) is 18.2 Å². The van der Waals surface area contributed by atoms with E-state index < -0.39 is 0 Å². The highest BCUT2D eigenvalue weighted by molar-refractivity contribution is 6.04. The molecule has 1 fully saturated rings. The van der Waals surface area contributed by atoms with Crippen molar-refractivity contribution < 1.29 is 9.53 Å². The first-order valence-corrected chi connectivity index (χ1v) is 6.46. The molecule has 3 nitrogen and oxygen atoms in total. The van der Waals surface area contributed by atoms with E-state index in [1.165, 1.54) is 0 Å². The van der Waals surface area contributed by atoms with Gasteiger partial charge in [-0.2, -0.15) is 0 Å². The Morgan fingerprint density at radius 3 is 2.53 bits per heavy atom. The van der Waals surface area contributed by atoms with E-state index in [0.29, 0.717) is 0 Å². The van der Waals surface area contributed by atoms with Gasteiger partial charge in [-0.1, -0.05) is 37.3 Å². The predicted molar refractivity (Wildman–Crippen MR) is 72.3 cm³/mol. The fraction of sp³-hybridized carbons (Fsp3) is 0.188. The second-order valence-electron chi connectivity index (χ2n) is 5.05. The molecule has 3 heteroatoms. The number of hydrogen-bond donors (Lipinski definition) is 0. The zero-order valence-corrected chi connectivity index (χ0v) is 10.5. The second kappa shape index (κ2) is 3.60. The maximum atomic E-state index is 12.2. The van der Waals surface area contributed by atoms with Crippen molar-refractivity contribution in [3.8, 4) is 11.5 Å². The molecule has 0 saturated carbocycles. The minimum atomic E-state index is 0.0101. The average Bonchev–Trinajstić information content (AvgIpc) is 2.58. The number of anilines is 1. The lowest BCUT2D eigenvalue weighted by atomic mass is 9.83. The van der Waals surface area contributed by atoms with Gasteiger partial charge < -0.3 is 9.64 Å². The topological polar surface area (TPSA) is 29.5 Å². The van der Waals surface area contributed by atoms with Gasteiger partial charge in [0.15, 0.2) is 5.75 Å². The summed E-state index contributed by atoms with van der Waals surface area (Å²) in [6, 6.07) is 15.8. The van der Waals surface area contributed by atoms with Crippen LogP contribution in [0.4, 0.5) is 5.69 Å². The summed E-state index contributed by atoms with van der Waals surface area (Å²) in [5, 5.41) is 0. The Morgan fingerprint density at radius 1 is 1.00 bits per heavy atom. The number of carbonyl (C=O) groups is 1. The number of nitrogens with zero attached hydrogens (tertiary/aromatic N) is 1. The molecule has 1 amide bonds. The molecule has 4 rings (SSSR count). The zero-order chi connectivity index (χ0) is 13.0. The Labute approximate surface area is 111 Å². The highest BCUT2D eigenvalue weighted by atomic mass is 16.5. The summed E-state index contributed by atoms with van der Waals surface area (Å²) < 4.78 is 5.99. The normalized spacial score (nSPS) is 23.4. The molecule has 2 aromatic carbocycles. The van der Waals surface area contributed by atoms with E-state index in [1.807, 2.05) is 60.4 Å².